The summed E-state index contributed by atoms with van der Waals surface area (Å²) >= 11 is 0. The molecule has 0 spiro atoms. The minimum Gasteiger partial charge on any atom is -0.332 e. The summed E-state index contributed by atoms with van der Waals surface area (Å²) in [6.07, 6.45) is 7.14. The van der Waals surface area contributed by atoms with Crippen LogP contribution in [-0.2, 0) is 4.79 Å². The Balaban J connectivity index is 1.91. The number of hydrogen-bond donors (Lipinski definition) is 2. The lowest BCUT2D eigenvalue weighted by Crippen LogP contribution is -2.16. The molecule has 0 saturated heterocycles. The van der Waals surface area contributed by atoms with Crippen molar-refractivity contribution >= 4 is 12.1 Å². The summed E-state index contributed by atoms with van der Waals surface area (Å²) in [5.74, 6) is 0.278. The van der Waals surface area contributed by atoms with Crippen LogP contribution in [0.3, 0.4) is 0 Å². The molecule has 2 saturated carbocycles. The number of fused-ring (bicyclic) bond motifs is 1. The highest BCUT2D eigenvalue weighted by molar-refractivity contribution is 5.95. The molecular weight excluding hydrogens is 255 g/mol. The van der Waals surface area contributed by atoms with Crippen molar-refractivity contribution < 1.29 is 9.18 Å². The van der Waals surface area contributed by atoms with Crippen molar-refractivity contribution in [1.29, 1.82) is 5.41 Å². The van der Waals surface area contributed by atoms with Crippen molar-refractivity contribution in [2.24, 2.45) is 17.8 Å². The van der Waals surface area contributed by atoms with Crippen molar-refractivity contribution in [3.63, 3.8) is 0 Å². The Labute approximate surface area is 119 Å². The number of rotatable bonds is 6. The van der Waals surface area contributed by atoms with Crippen LogP contribution < -0.4 is 5.32 Å². The van der Waals surface area contributed by atoms with Gasteiger partial charge in [0.05, 0.1) is 0 Å². The van der Waals surface area contributed by atoms with Crippen molar-refractivity contribution in [1.82, 2.24) is 5.32 Å². The van der Waals surface area contributed by atoms with E-state index < -0.39 is 5.67 Å². The second-order valence-electron chi connectivity index (χ2n) is 5.77. The van der Waals surface area contributed by atoms with E-state index in [0.717, 1.165) is 24.1 Å². The third-order valence-electron chi connectivity index (χ3n) is 4.72. The number of carbonyl (C=O) groups is 1. The van der Waals surface area contributed by atoms with E-state index in [-0.39, 0.29) is 17.8 Å². The molecule has 20 heavy (non-hydrogen) atoms. The second-order valence-corrected chi connectivity index (χ2v) is 5.77. The van der Waals surface area contributed by atoms with Crippen molar-refractivity contribution in [2.75, 3.05) is 0 Å². The van der Waals surface area contributed by atoms with Gasteiger partial charge in [-0.2, -0.15) is 0 Å². The van der Waals surface area contributed by atoms with E-state index >= 15 is 0 Å². The molecule has 0 bridgehead atoms. The van der Waals surface area contributed by atoms with Gasteiger partial charge in [-0.1, -0.05) is 18.7 Å². The van der Waals surface area contributed by atoms with Crippen LogP contribution in [0, 0.1) is 23.2 Å². The minimum atomic E-state index is -1.17. The first-order chi connectivity index (χ1) is 9.43. The molecule has 0 aromatic rings. The molecule has 108 valence electrons. The van der Waals surface area contributed by atoms with E-state index in [9.17, 15) is 9.18 Å². The van der Waals surface area contributed by atoms with Crippen LogP contribution in [0.4, 0.5) is 4.39 Å². The maximum Gasteiger partial charge on any atom is 0.211 e. The molecule has 2 fully saturated rings. The van der Waals surface area contributed by atoms with Gasteiger partial charge in [0.15, 0.2) is 0 Å². The number of alkyl halides is 1. The molecular formula is C16H21FN2O. The lowest BCUT2D eigenvalue weighted by molar-refractivity contribution is -0.108. The zero-order chi connectivity index (χ0) is 14.9. The molecule has 0 heterocycles. The van der Waals surface area contributed by atoms with Crippen LogP contribution >= 0.6 is 0 Å². The number of amides is 1. The Morgan fingerprint density at radius 1 is 1.35 bits per heavy atom. The molecule has 2 N–H and O–H groups in total. The summed E-state index contributed by atoms with van der Waals surface area (Å²) in [6, 6.07) is 0. The largest absolute Gasteiger partial charge is 0.332 e. The molecule has 0 aliphatic heterocycles. The smallest absolute Gasteiger partial charge is 0.211 e. The molecule has 2 aliphatic rings. The van der Waals surface area contributed by atoms with Gasteiger partial charge >= 0.3 is 0 Å². The highest BCUT2D eigenvalue weighted by atomic mass is 19.1. The van der Waals surface area contributed by atoms with Gasteiger partial charge in [-0.05, 0) is 38.3 Å². The zero-order valence-electron chi connectivity index (χ0n) is 11.9. The first-order valence-corrected chi connectivity index (χ1v) is 6.90. The molecule has 0 radical (unpaired) electrons. The fourth-order valence-electron chi connectivity index (χ4n) is 3.16. The summed E-state index contributed by atoms with van der Waals surface area (Å²) in [6.45, 7) is 7.25. The number of carbonyl (C=O) groups excluding carboxylic acids is 1. The Bertz CT molecular complexity index is 495. The van der Waals surface area contributed by atoms with Gasteiger partial charge in [0.2, 0.25) is 6.41 Å². The third kappa shape index (κ3) is 2.47. The predicted molar refractivity (Wildman–Crippen MR) is 78.2 cm³/mol. The predicted octanol–water partition coefficient (Wildman–Crippen LogP) is 3.15. The van der Waals surface area contributed by atoms with Gasteiger partial charge < -0.3 is 10.7 Å². The van der Waals surface area contributed by atoms with Gasteiger partial charge in [-0.3, -0.25) is 4.79 Å². The van der Waals surface area contributed by atoms with Crippen LogP contribution in [0.1, 0.15) is 26.7 Å². The fraction of sp³-hybridized carbons (Fsp3) is 0.500. The van der Waals surface area contributed by atoms with E-state index in [1.54, 1.807) is 6.08 Å². The summed E-state index contributed by atoms with van der Waals surface area (Å²) in [7, 11) is 0. The topological polar surface area (TPSA) is 53.0 Å². The quantitative estimate of drug-likeness (QED) is 0.333. The fourth-order valence-corrected chi connectivity index (χ4v) is 3.16. The standard InChI is InChI=1S/C16H21FN2O/c1-4-16(17)13-7-12(8-14(13)16)15(18)6-5-10(2)11(3)19-9-20/h4-6,9,12-14,18H,1,7-8H2,2-3H3,(H,19,20)/b6-5+,11-10-,18-15?. The minimum absolute atomic E-state index is 0.0638. The lowest BCUT2D eigenvalue weighted by Gasteiger charge is -2.14. The molecule has 2 unspecified atom stereocenters. The Morgan fingerprint density at radius 3 is 2.45 bits per heavy atom. The van der Waals surface area contributed by atoms with Gasteiger partial charge in [0.25, 0.3) is 0 Å². The summed E-state index contributed by atoms with van der Waals surface area (Å²) in [5, 5.41) is 10.7. The molecule has 0 aromatic heterocycles. The average Bonchev–Trinajstić information content (AvgIpc) is 2.81. The molecule has 2 atom stereocenters. The Morgan fingerprint density at radius 2 is 1.95 bits per heavy atom. The monoisotopic (exact) mass is 276 g/mol. The number of allylic oxidation sites excluding steroid dienone is 5. The SMILES string of the molecule is C=CC1(F)C2CC(C(=N)/C=C/C(C)=C(/C)NC=O)CC21. The Hall–Kier alpha value is -1.71. The van der Waals surface area contributed by atoms with Crippen LogP contribution in [0.2, 0.25) is 0 Å². The van der Waals surface area contributed by atoms with Crippen molar-refractivity contribution in [2.45, 2.75) is 32.4 Å². The highest BCUT2D eigenvalue weighted by Gasteiger charge is 2.68. The van der Waals surface area contributed by atoms with Crippen LogP contribution in [0.15, 0.2) is 36.1 Å². The maximum atomic E-state index is 14.0. The highest BCUT2D eigenvalue weighted by Crippen LogP contribution is 2.65. The first kappa shape index (κ1) is 14.7. The lowest BCUT2D eigenvalue weighted by atomic mass is 9.93. The molecule has 0 aromatic carbocycles. The van der Waals surface area contributed by atoms with E-state index in [0.29, 0.717) is 12.1 Å². The number of nitrogens with one attached hydrogen (secondary N) is 2. The van der Waals surface area contributed by atoms with Gasteiger partial charge in [0, 0.05) is 29.2 Å². The summed E-state index contributed by atoms with van der Waals surface area (Å²) in [5.41, 5.74) is 1.06. The van der Waals surface area contributed by atoms with Crippen LogP contribution in [0.5, 0.6) is 0 Å². The van der Waals surface area contributed by atoms with Gasteiger partial charge in [0.1, 0.15) is 5.67 Å². The summed E-state index contributed by atoms with van der Waals surface area (Å²) < 4.78 is 14.0. The second kappa shape index (κ2) is 5.35. The number of hydrogen-bond acceptors (Lipinski definition) is 2. The number of halogens is 1. The molecule has 2 aliphatic carbocycles. The van der Waals surface area contributed by atoms with E-state index in [2.05, 4.69) is 11.9 Å². The zero-order valence-corrected chi connectivity index (χ0v) is 11.9. The average molecular weight is 276 g/mol. The molecule has 2 rings (SSSR count). The first-order valence-electron chi connectivity index (χ1n) is 6.90. The van der Waals surface area contributed by atoms with E-state index in [4.69, 9.17) is 5.41 Å². The van der Waals surface area contributed by atoms with Crippen LogP contribution in [-0.4, -0.2) is 17.8 Å². The van der Waals surface area contributed by atoms with Crippen molar-refractivity contribution in [3.05, 3.63) is 36.1 Å². The maximum absolute atomic E-state index is 14.0. The third-order valence-corrected chi connectivity index (χ3v) is 4.72. The van der Waals surface area contributed by atoms with Crippen molar-refractivity contribution in [3.8, 4) is 0 Å². The molecule has 3 nitrogen and oxygen atoms in total. The van der Waals surface area contributed by atoms with Gasteiger partial charge in [-0.25, -0.2) is 4.39 Å². The molecule has 4 heteroatoms. The van der Waals surface area contributed by atoms with E-state index in [1.165, 1.54) is 6.08 Å². The van der Waals surface area contributed by atoms with Crippen LogP contribution in [0.25, 0.3) is 0 Å². The summed E-state index contributed by atoms with van der Waals surface area (Å²) in [4.78, 5) is 10.3. The normalized spacial score (nSPS) is 36.2. The molecule has 1 amide bonds. The Kier molecular flexibility index (Phi) is 3.93. The van der Waals surface area contributed by atoms with E-state index in [1.807, 2.05) is 19.9 Å². The van der Waals surface area contributed by atoms with Gasteiger partial charge in [-0.15, -0.1) is 0 Å².